The Hall–Kier alpha value is -5.26. The smallest absolute Gasteiger partial charge is 0.0727 e. The molecule has 0 saturated carbocycles. The van der Waals surface area contributed by atoms with E-state index >= 15 is 0 Å². The van der Waals surface area contributed by atoms with Gasteiger partial charge in [0.15, 0.2) is 0 Å². The second kappa shape index (κ2) is 10.1. The van der Waals surface area contributed by atoms with Crippen molar-refractivity contribution in [3.05, 3.63) is 152 Å². The molecule has 4 aromatic heterocycles. The molecular weight excluding hydrogens is 639 g/mol. The molecule has 11 aromatic rings. The van der Waals surface area contributed by atoms with Crippen LogP contribution in [0.25, 0.3) is 99.5 Å². The maximum Gasteiger partial charge on any atom is 0.0727 e. The fraction of sp³-hybridized carbons (Fsp3) is 0. The van der Waals surface area contributed by atoms with Crippen molar-refractivity contribution in [2.45, 2.75) is 0 Å². The van der Waals surface area contributed by atoms with Crippen LogP contribution in [0.4, 0.5) is 0 Å². The van der Waals surface area contributed by atoms with Gasteiger partial charge in [0.05, 0.1) is 15.7 Å². The highest BCUT2D eigenvalue weighted by atomic mass is 32.1. The monoisotopic (exact) mass is 663 g/mol. The average Bonchev–Trinajstić information content (AvgIpc) is 3.90. The highest BCUT2D eigenvalue weighted by Gasteiger charge is 2.22. The molecule has 0 aliphatic rings. The topological polar surface area (TPSA) is 4.93 Å². The third-order valence-electron chi connectivity index (χ3n) is 9.83. The first-order valence-electron chi connectivity index (χ1n) is 16.2. The van der Waals surface area contributed by atoms with E-state index in [1.807, 2.05) is 34.0 Å². The molecule has 0 atom stereocenters. The van der Waals surface area contributed by atoms with Crippen LogP contribution in [-0.4, -0.2) is 4.57 Å². The van der Waals surface area contributed by atoms with E-state index < -0.39 is 0 Å². The van der Waals surface area contributed by atoms with Crippen molar-refractivity contribution in [3.8, 4) is 27.9 Å². The zero-order valence-electron chi connectivity index (χ0n) is 25.6. The molecule has 0 N–H and O–H groups in total. The van der Waals surface area contributed by atoms with Gasteiger partial charge in [0, 0.05) is 78.2 Å². The molecule has 0 bridgehead atoms. The predicted octanol–water partition coefficient (Wildman–Crippen LogP) is 14.1. The molecule has 4 heterocycles. The molecule has 0 aliphatic carbocycles. The van der Waals surface area contributed by atoms with Crippen molar-refractivity contribution >= 4 is 106 Å². The minimum absolute atomic E-state index is 1.19. The summed E-state index contributed by atoms with van der Waals surface area (Å²) < 4.78 is 10.5. The first-order valence-corrected chi connectivity index (χ1v) is 18.6. The van der Waals surface area contributed by atoms with Gasteiger partial charge >= 0.3 is 0 Å². The number of thiophene rings is 3. The molecule has 11 rings (SSSR count). The molecule has 0 aliphatic heterocycles. The van der Waals surface area contributed by atoms with Crippen LogP contribution >= 0.6 is 34.0 Å². The van der Waals surface area contributed by atoms with Crippen molar-refractivity contribution in [2.75, 3.05) is 0 Å². The van der Waals surface area contributed by atoms with Gasteiger partial charge in [0.2, 0.25) is 0 Å². The number of rotatable bonds is 3. The lowest BCUT2D eigenvalue weighted by atomic mass is 9.94. The zero-order chi connectivity index (χ0) is 31.3. The molecule has 0 spiro atoms. The van der Waals surface area contributed by atoms with Gasteiger partial charge in [-0.05, 0) is 35.9 Å². The van der Waals surface area contributed by atoms with Crippen LogP contribution in [0.3, 0.4) is 0 Å². The van der Waals surface area contributed by atoms with Gasteiger partial charge in [0.25, 0.3) is 0 Å². The van der Waals surface area contributed by atoms with E-state index in [9.17, 15) is 0 Å². The Balaban J connectivity index is 1.22. The Bertz CT molecular complexity index is 3060. The zero-order valence-corrected chi connectivity index (χ0v) is 28.1. The van der Waals surface area contributed by atoms with Crippen LogP contribution in [0.15, 0.2) is 152 Å². The van der Waals surface area contributed by atoms with Crippen LogP contribution in [0.1, 0.15) is 0 Å². The van der Waals surface area contributed by atoms with Crippen LogP contribution in [0.2, 0.25) is 0 Å². The Morgan fingerprint density at radius 2 is 0.896 bits per heavy atom. The van der Waals surface area contributed by atoms with Gasteiger partial charge in [0.1, 0.15) is 0 Å². The fourth-order valence-corrected chi connectivity index (χ4v) is 11.6. The van der Waals surface area contributed by atoms with E-state index in [4.69, 9.17) is 0 Å². The lowest BCUT2D eigenvalue weighted by Crippen LogP contribution is -1.92. The molecule has 48 heavy (non-hydrogen) atoms. The van der Waals surface area contributed by atoms with Crippen LogP contribution < -0.4 is 0 Å². The molecule has 224 valence electrons. The third kappa shape index (κ3) is 3.65. The number of benzene rings is 7. The highest BCUT2D eigenvalue weighted by molar-refractivity contribution is 7.28. The van der Waals surface area contributed by atoms with E-state index in [1.165, 1.54) is 99.5 Å². The molecule has 0 unspecified atom stereocenters. The van der Waals surface area contributed by atoms with Gasteiger partial charge < -0.3 is 4.57 Å². The van der Waals surface area contributed by atoms with E-state index in [0.717, 1.165) is 0 Å². The first-order chi connectivity index (χ1) is 23.8. The summed E-state index contributed by atoms with van der Waals surface area (Å²) in [5, 5.41) is 7.98. The first kappa shape index (κ1) is 26.8. The lowest BCUT2D eigenvalue weighted by molar-refractivity contribution is 1.19. The number of hydrogen-bond donors (Lipinski definition) is 0. The minimum atomic E-state index is 1.19. The molecule has 0 radical (unpaired) electrons. The number of aromatic nitrogens is 1. The third-order valence-corrected chi connectivity index (χ3v) is 13.5. The van der Waals surface area contributed by atoms with Crippen molar-refractivity contribution in [1.82, 2.24) is 4.57 Å². The summed E-state index contributed by atoms with van der Waals surface area (Å²) in [4.78, 5) is 0. The summed E-state index contributed by atoms with van der Waals surface area (Å²) in [6.45, 7) is 0. The fourth-order valence-electron chi connectivity index (χ4n) is 7.77. The summed E-state index contributed by atoms with van der Waals surface area (Å²) in [6.07, 6.45) is 0. The molecular formula is C44H25NS3. The molecule has 0 fully saturated rings. The molecule has 1 nitrogen and oxygen atoms in total. The van der Waals surface area contributed by atoms with Crippen molar-refractivity contribution < 1.29 is 0 Å². The van der Waals surface area contributed by atoms with Gasteiger partial charge in [-0.25, -0.2) is 0 Å². The Labute approximate surface area is 288 Å². The normalized spacial score (nSPS) is 12.2. The summed E-state index contributed by atoms with van der Waals surface area (Å²) in [5.74, 6) is 0. The largest absolute Gasteiger partial charge is 0.308 e. The Morgan fingerprint density at radius 1 is 0.333 bits per heavy atom. The number of fused-ring (bicyclic) bond motifs is 11. The second-order valence-corrected chi connectivity index (χ2v) is 15.5. The summed E-state index contributed by atoms with van der Waals surface area (Å²) in [7, 11) is 0. The van der Waals surface area contributed by atoms with E-state index in [2.05, 4.69) is 156 Å². The second-order valence-electron chi connectivity index (χ2n) is 12.4. The number of para-hydroxylation sites is 2. The standard InChI is InChI=1S/C44H25NS3/c1-2-12-26(13-3-1)45-36-21-7-4-15-33(36)44-40(45)35-20-11-19-31(42(35)48-44)32-25-24-28(39-34-16-6-9-23-38(34)47-43(32)39)30-18-10-17-29-27-14-5-8-22-37(27)46-41(29)30/h1-25H. The van der Waals surface area contributed by atoms with Gasteiger partial charge in [-0.3, -0.25) is 0 Å². The molecule has 4 heteroatoms. The van der Waals surface area contributed by atoms with Crippen LogP contribution in [0.5, 0.6) is 0 Å². The molecule has 7 aromatic carbocycles. The molecule has 0 amide bonds. The van der Waals surface area contributed by atoms with Crippen molar-refractivity contribution in [1.29, 1.82) is 0 Å². The van der Waals surface area contributed by atoms with Crippen molar-refractivity contribution in [3.63, 3.8) is 0 Å². The van der Waals surface area contributed by atoms with E-state index in [0.29, 0.717) is 0 Å². The van der Waals surface area contributed by atoms with Crippen LogP contribution in [-0.2, 0) is 0 Å². The van der Waals surface area contributed by atoms with E-state index in [-0.39, 0.29) is 0 Å². The lowest BCUT2D eigenvalue weighted by Gasteiger charge is -2.12. The average molecular weight is 664 g/mol. The van der Waals surface area contributed by atoms with Gasteiger partial charge in [-0.2, -0.15) is 0 Å². The minimum Gasteiger partial charge on any atom is -0.308 e. The SMILES string of the molecule is c1ccc(-n2c3ccccc3c3sc4c(-c5ccc(-c6cccc7c6sc6ccccc67)c6c5sc5ccccc56)cccc4c32)cc1. The number of nitrogens with zero attached hydrogens (tertiary/aromatic N) is 1. The van der Waals surface area contributed by atoms with E-state index in [1.54, 1.807) is 0 Å². The van der Waals surface area contributed by atoms with Crippen molar-refractivity contribution in [2.24, 2.45) is 0 Å². The number of hydrogen-bond acceptors (Lipinski definition) is 3. The maximum atomic E-state index is 2.46. The quantitative estimate of drug-likeness (QED) is 0.177. The maximum absolute atomic E-state index is 2.46. The summed E-state index contributed by atoms with van der Waals surface area (Å²) in [6, 6.07) is 55.9. The van der Waals surface area contributed by atoms with Gasteiger partial charge in [-0.1, -0.05) is 121 Å². The summed E-state index contributed by atoms with van der Waals surface area (Å²) >= 11 is 5.77. The Morgan fingerprint density at radius 3 is 1.73 bits per heavy atom. The molecule has 0 saturated heterocycles. The summed E-state index contributed by atoms with van der Waals surface area (Å²) in [5.41, 5.74) is 8.99. The predicted molar refractivity (Wildman–Crippen MR) is 213 cm³/mol. The van der Waals surface area contributed by atoms with Crippen LogP contribution in [0, 0.1) is 0 Å². The van der Waals surface area contributed by atoms with Gasteiger partial charge in [-0.15, -0.1) is 34.0 Å². The highest BCUT2D eigenvalue weighted by Crippen LogP contribution is 2.51. The Kier molecular flexibility index (Phi) is 5.64.